The zero-order valence-corrected chi connectivity index (χ0v) is 13.9. The van der Waals surface area contributed by atoms with Crippen LogP contribution in [0.1, 0.15) is 23.2 Å². The molecule has 0 atom stereocenters. The maximum atomic E-state index is 12.8. The minimum atomic E-state index is -0.577. The fourth-order valence-electron chi connectivity index (χ4n) is 3.50. The molecule has 0 aromatic heterocycles. The third-order valence-electron chi connectivity index (χ3n) is 5.15. The number of para-hydroxylation sites is 2. The number of fused-ring (bicyclic) bond motifs is 1. The lowest BCUT2D eigenvalue weighted by atomic mass is 9.78. The third kappa shape index (κ3) is 2.86. The number of amides is 2. The van der Waals surface area contributed by atoms with Gasteiger partial charge in [0.05, 0.1) is 11.1 Å². The molecule has 0 unspecified atom stereocenters. The molecule has 1 N–H and O–H groups in total. The molecule has 0 bridgehead atoms. The number of nitrogens with one attached hydrogen (secondary N) is 1. The van der Waals surface area contributed by atoms with Gasteiger partial charge in [0.25, 0.3) is 5.91 Å². The van der Waals surface area contributed by atoms with Crippen molar-refractivity contribution in [3.05, 3.63) is 60.2 Å². The Kier molecular flexibility index (Phi) is 3.92. The highest BCUT2D eigenvalue weighted by Gasteiger charge is 2.44. The second kappa shape index (κ2) is 6.24. The van der Waals surface area contributed by atoms with Gasteiger partial charge in [0.15, 0.2) is 0 Å². The maximum absolute atomic E-state index is 12.8. The van der Waals surface area contributed by atoms with E-state index in [2.05, 4.69) is 5.32 Å². The minimum absolute atomic E-state index is 0.00994. The Morgan fingerprint density at radius 2 is 1.68 bits per heavy atom. The molecule has 1 fully saturated rings. The Morgan fingerprint density at radius 1 is 1.00 bits per heavy atom. The van der Waals surface area contributed by atoms with Gasteiger partial charge in [0, 0.05) is 18.7 Å². The van der Waals surface area contributed by atoms with Crippen molar-refractivity contribution in [1.29, 1.82) is 0 Å². The predicted molar refractivity (Wildman–Crippen MR) is 94.6 cm³/mol. The number of ether oxygens (including phenoxy) is 1. The van der Waals surface area contributed by atoms with Crippen LogP contribution in [0.5, 0.6) is 5.75 Å². The molecule has 2 aliphatic rings. The van der Waals surface area contributed by atoms with Crippen molar-refractivity contribution in [2.24, 2.45) is 5.41 Å². The van der Waals surface area contributed by atoms with E-state index in [1.807, 2.05) is 59.5 Å². The van der Waals surface area contributed by atoms with Gasteiger partial charge in [-0.25, -0.2) is 0 Å². The van der Waals surface area contributed by atoms with Crippen LogP contribution in [-0.2, 0) is 4.79 Å². The van der Waals surface area contributed by atoms with Crippen LogP contribution in [0.2, 0.25) is 0 Å². The van der Waals surface area contributed by atoms with E-state index in [1.165, 1.54) is 0 Å². The molecule has 2 amide bonds. The normalized spacial score (nSPS) is 18.7. The molecule has 2 heterocycles. The highest BCUT2D eigenvalue weighted by atomic mass is 16.5. The molecule has 25 heavy (non-hydrogen) atoms. The molecule has 0 saturated carbocycles. The van der Waals surface area contributed by atoms with E-state index in [4.69, 9.17) is 4.74 Å². The van der Waals surface area contributed by atoms with Crippen LogP contribution < -0.4 is 10.1 Å². The summed E-state index contributed by atoms with van der Waals surface area (Å²) in [6.45, 7) is 1.46. The van der Waals surface area contributed by atoms with E-state index in [0.29, 0.717) is 49.5 Å². The molecule has 5 nitrogen and oxygen atoms in total. The standard InChI is InChI=1S/C20H20N2O3/c23-18(15-6-2-1-3-7-15)22-12-10-20(11-13-22)14-25-17-9-5-4-8-16(17)21-19(20)24/h1-9H,10-14H2,(H,21,24). The van der Waals surface area contributed by atoms with Gasteiger partial charge in [-0.15, -0.1) is 0 Å². The van der Waals surface area contributed by atoms with Crippen LogP contribution in [0.25, 0.3) is 0 Å². The number of likely N-dealkylation sites (tertiary alicyclic amines) is 1. The van der Waals surface area contributed by atoms with E-state index in [0.717, 1.165) is 0 Å². The molecule has 0 radical (unpaired) electrons. The first kappa shape index (κ1) is 15.7. The SMILES string of the molecule is O=C(c1ccccc1)N1CCC2(CC1)COc1ccccc1NC2=O. The summed E-state index contributed by atoms with van der Waals surface area (Å²) in [5.74, 6) is 0.716. The Labute approximate surface area is 146 Å². The lowest BCUT2D eigenvalue weighted by molar-refractivity contribution is -0.129. The molecule has 128 valence electrons. The molecular weight excluding hydrogens is 316 g/mol. The van der Waals surface area contributed by atoms with E-state index >= 15 is 0 Å². The number of hydrogen-bond donors (Lipinski definition) is 1. The lowest BCUT2D eigenvalue weighted by Gasteiger charge is -2.39. The van der Waals surface area contributed by atoms with Gasteiger partial charge in [-0.2, -0.15) is 0 Å². The Balaban J connectivity index is 1.48. The van der Waals surface area contributed by atoms with E-state index < -0.39 is 5.41 Å². The number of piperidine rings is 1. The number of hydrogen-bond acceptors (Lipinski definition) is 3. The molecule has 2 aromatic carbocycles. The van der Waals surface area contributed by atoms with E-state index in [-0.39, 0.29) is 11.8 Å². The molecule has 2 aromatic rings. The maximum Gasteiger partial charge on any atom is 0.253 e. The summed E-state index contributed by atoms with van der Waals surface area (Å²) in [6, 6.07) is 16.8. The average Bonchev–Trinajstić information content (AvgIpc) is 2.80. The van der Waals surface area contributed by atoms with Crippen LogP contribution in [0, 0.1) is 5.41 Å². The zero-order valence-electron chi connectivity index (χ0n) is 13.9. The van der Waals surface area contributed by atoms with Crippen LogP contribution in [-0.4, -0.2) is 36.4 Å². The van der Waals surface area contributed by atoms with Crippen LogP contribution >= 0.6 is 0 Å². The molecule has 4 rings (SSSR count). The molecular formula is C20H20N2O3. The van der Waals surface area contributed by atoms with Crippen molar-refractivity contribution < 1.29 is 14.3 Å². The lowest BCUT2D eigenvalue weighted by Crippen LogP contribution is -2.50. The summed E-state index contributed by atoms with van der Waals surface area (Å²) in [6.07, 6.45) is 1.21. The number of carbonyl (C=O) groups is 2. The minimum Gasteiger partial charge on any atom is -0.490 e. The Morgan fingerprint density at radius 3 is 2.44 bits per heavy atom. The van der Waals surface area contributed by atoms with Crippen LogP contribution in [0.15, 0.2) is 54.6 Å². The number of carbonyl (C=O) groups excluding carboxylic acids is 2. The van der Waals surface area contributed by atoms with Crippen molar-refractivity contribution in [3.8, 4) is 5.75 Å². The Hall–Kier alpha value is -2.82. The van der Waals surface area contributed by atoms with Crippen molar-refractivity contribution >= 4 is 17.5 Å². The van der Waals surface area contributed by atoms with Crippen molar-refractivity contribution in [3.63, 3.8) is 0 Å². The van der Waals surface area contributed by atoms with Gasteiger partial charge in [0.2, 0.25) is 5.91 Å². The van der Waals surface area contributed by atoms with Gasteiger partial charge < -0.3 is 15.0 Å². The largest absolute Gasteiger partial charge is 0.490 e. The molecule has 5 heteroatoms. The van der Waals surface area contributed by atoms with Gasteiger partial charge in [-0.1, -0.05) is 30.3 Å². The third-order valence-corrected chi connectivity index (χ3v) is 5.15. The quantitative estimate of drug-likeness (QED) is 0.871. The molecule has 1 saturated heterocycles. The van der Waals surface area contributed by atoms with Crippen LogP contribution in [0.3, 0.4) is 0 Å². The number of nitrogens with zero attached hydrogens (tertiary/aromatic N) is 1. The monoisotopic (exact) mass is 336 g/mol. The summed E-state index contributed by atoms with van der Waals surface area (Å²) in [5.41, 5.74) is 0.826. The fraction of sp³-hybridized carbons (Fsp3) is 0.300. The summed E-state index contributed by atoms with van der Waals surface area (Å²) < 4.78 is 5.91. The zero-order chi connectivity index (χ0) is 17.3. The van der Waals surface area contributed by atoms with Gasteiger partial charge in [-0.05, 0) is 37.1 Å². The predicted octanol–water partition coefficient (Wildman–Crippen LogP) is 2.94. The van der Waals surface area contributed by atoms with Crippen molar-refractivity contribution in [2.75, 3.05) is 25.0 Å². The molecule has 2 aliphatic heterocycles. The fourth-order valence-corrected chi connectivity index (χ4v) is 3.50. The highest BCUT2D eigenvalue weighted by Crippen LogP contribution is 2.38. The van der Waals surface area contributed by atoms with Gasteiger partial charge in [0.1, 0.15) is 12.4 Å². The topological polar surface area (TPSA) is 58.6 Å². The van der Waals surface area contributed by atoms with Crippen molar-refractivity contribution in [1.82, 2.24) is 4.90 Å². The molecule has 0 aliphatic carbocycles. The summed E-state index contributed by atoms with van der Waals surface area (Å²) >= 11 is 0. The molecule has 1 spiro atoms. The summed E-state index contributed by atoms with van der Waals surface area (Å²) in [5, 5.41) is 2.99. The van der Waals surface area contributed by atoms with Gasteiger partial charge >= 0.3 is 0 Å². The van der Waals surface area contributed by atoms with Gasteiger partial charge in [-0.3, -0.25) is 9.59 Å². The van der Waals surface area contributed by atoms with E-state index in [1.54, 1.807) is 0 Å². The number of anilines is 1. The smallest absolute Gasteiger partial charge is 0.253 e. The number of benzene rings is 2. The highest BCUT2D eigenvalue weighted by molar-refractivity contribution is 5.98. The van der Waals surface area contributed by atoms with E-state index in [9.17, 15) is 9.59 Å². The number of rotatable bonds is 1. The second-order valence-electron chi connectivity index (χ2n) is 6.68. The van der Waals surface area contributed by atoms with Crippen LogP contribution in [0.4, 0.5) is 5.69 Å². The Bertz CT molecular complexity index is 796. The summed E-state index contributed by atoms with van der Waals surface area (Å²) in [4.78, 5) is 27.2. The average molecular weight is 336 g/mol. The first-order valence-corrected chi connectivity index (χ1v) is 8.56. The first-order chi connectivity index (χ1) is 12.2. The second-order valence-corrected chi connectivity index (χ2v) is 6.68. The summed E-state index contributed by atoms with van der Waals surface area (Å²) in [7, 11) is 0. The first-order valence-electron chi connectivity index (χ1n) is 8.56. The van der Waals surface area contributed by atoms with Crippen molar-refractivity contribution in [2.45, 2.75) is 12.8 Å².